The number of hydrogen-bond donors (Lipinski definition) is 1. The summed E-state index contributed by atoms with van der Waals surface area (Å²) >= 11 is 0. The molecule has 2 unspecified atom stereocenters. The second kappa shape index (κ2) is 6.59. The normalized spacial score (nSPS) is 27.6. The van der Waals surface area contributed by atoms with Crippen LogP contribution in [0, 0.1) is 0 Å². The van der Waals surface area contributed by atoms with Crippen molar-refractivity contribution in [2.45, 2.75) is 51.3 Å². The highest BCUT2D eigenvalue weighted by atomic mass is 16.5. The minimum absolute atomic E-state index is 0.383. The fraction of sp³-hybridized carbons (Fsp3) is 0.647. The molecule has 2 fully saturated rings. The van der Waals surface area contributed by atoms with Crippen molar-refractivity contribution >= 4 is 5.69 Å². The molecular weight excluding hydrogens is 248 g/mol. The molecule has 2 aliphatic heterocycles. The minimum atomic E-state index is 0.383. The van der Waals surface area contributed by atoms with E-state index in [9.17, 15) is 0 Å². The van der Waals surface area contributed by atoms with Gasteiger partial charge in [0.25, 0.3) is 0 Å². The summed E-state index contributed by atoms with van der Waals surface area (Å²) < 4.78 is 5.61. The lowest BCUT2D eigenvalue weighted by Gasteiger charge is -2.29. The lowest BCUT2D eigenvalue weighted by Crippen LogP contribution is -2.32. The third-order valence-electron chi connectivity index (χ3n) is 4.39. The van der Waals surface area contributed by atoms with E-state index in [1.54, 1.807) is 0 Å². The fourth-order valence-electron chi connectivity index (χ4n) is 3.32. The molecule has 0 amide bonds. The van der Waals surface area contributed by atoms with E-state index >= 15 is 0 Å². The van der Waals surface area contributed by atoms with Crippen molar-refractivity contribution in [3.63, 3.8) is 0 Å². The zero-order valence-corrected chi connectivity index (χ0v) is 12.5. The number of nitrogens with one attached hydrogen (secondary N) is 1. The van der Waals surface area contributed by atoms with Gasteiger partial charge in [-0.2, -0.15) is 0 Å². The van der Waals surface area contributed by atoms with Gasteiger partial charge in [-0.15, -0.1) is 0 Å². The van der Waals surface area contributed by atoms with Crippen LogP contribution < -0.4 is 5.32 Å². The van der Waals surface area contributed by atoms with Crippen LogP contribution in [0.2, 0.25) is 0 Å². The molecule has 3 rings (SSSR count). The maximum absolute atomic E-state index is 5.61. The van der Waals surface area contributed by atoms with E-state index in [4.69, 9.17) is 4.74 Å². The minimum Gasteiger partial charge on any atom is -0.382 e. The van der Waals surface area contributed by atoms with Crippen LogP contribution in [0.1, 0.15) is 38.2 Å². The molecule has 0 bridgehead atoms. The molecular formula is C17H26N2O. The first-order chi connectivity index (χ1) is 9.79. The molecule has 0 aromatic heterocycles. The molecule has 1 aromatic carbocycles. The molecule has 1 N–H and O–H groups in total. The summed E-state index contributed by atoms with van der Waals surface area (Å²) in [5.74, 6) is 0. The third kappa shape index (κ3) is 3.74. The molecule has 0 saturated carbocycles. The Morgan fingerprint density at radius 3 is 2.95 bits per heavy atom. The highest BCUT2D eigenvalue weighted by Crippen LogP contribution is 2.20. The number of anilines is 1. The van der Waals surface area contributed by atoms with Crippen molar-refractivity contribution in [1.29, 1.82) is 0 Å². The monoisotopic (exact) mass is 274 g/mol. The van der Waals surface area contributed by atoms with Crippen molar-refractivity contribution in [3.05, 3.63) is 29.8 Å². The molecule has 2 atom stereocenters. The molecule has 0 radical (unpaired) electrons. The Balaban J connectivity index is 1.58. The van der Waals surface area contributed by atoms with E-state index in [1.807, 2.05) is 0 Å². The van der Waals surface area contributed by atoms with Gasteiger partial charge in [-0.25, -0.2) is 0 Å². The van der Waals surface area contributed by atoms with E-state index in [2.05, 4.69) is 41.4 Å². The van der Waals surface area contributed by atoms with Crippen LogP contribution in [0.3, 0.4) is 0 Å². The summed E-state index contributed by atoms with van der Waals surface area (Å²) in [5.41, 5.74) is 2.69. The maximum Gasteiger partial charge on any atom is 0.0566 e. The zero-order chi connectivity index (χ0) is 13.8. The Kier molecular flexibility index (Phi) is 4.58. The van der Waals surface area contributed by atoms with Gasteiger partial charge in [0.15, 0.2) is 0 Å². The van der Waals surface area contributed by atoms with Gasteiger partial charge in [-0.1, -0.05) is 12.1 Å². The molecule has 0 spiro atoms. The van der Waals surface area contributed by atoms with Gasteiger partial charge in [-0.3, -0.25) is 4.90 Å². The van der Waals surface area contributed by atoms with E-state index in [1.165, 1.54) is 37.2 Å². The number of likely N-dealkylation sites (tertiary alicyclic amines) is 1. The number of benzene rings is 1. The van der Waals surface area contributed by atoms with Crippen molar-refractivity contribution in [2.75, 3.05) is 25.0 Å². The number of hydrogen-bond acceptors (Lipinski definition) is 3. The van der Waals surface area contributed by atoms with Gasteiger partial charge in [0.2, 0.25) is 0 Å². The first-order valence-electron chi connectivity index (χ1n) is 7.99. The van der Waals surface area contributed by atoms with Crippen LogP contribution in [0.4, 0.5) is 5.69 Å². The number of rotatable bonds is 4. The molecule has 20 heavy (non-hydrogen) atoms. The summed E-state index contributed by atoms with van der Waals surface area (Å²) in [5, 5.41) is 3.68. The smallest absolute Gasteiger partial charge is 0.0566 e. The first-order valence-corrected chi connectivity index (χ1v) is 7.99. The second-order valence-corrected chi connectivity index (χ2v) is 6.23. The van der Waals surface area contributed by atoms with Crippen LogP contribution in [0.5, 0.6) is 0 Å². The van der Waals surface area contributed by atoms with Gasteiger partial charge < -0.3 is 10.1 Å². The Hall–Kier alpha value is -1.06. The van der Waals surface area contributed by atoms with Crippen molar-refractivity contribution in [1.82, 2.24) is 4.90 Å². The van der Waals surface area contributed by atoms with E-state index in [0.29, 0.717) is 12.1 Å². The summed E-state index contributed by atoms with van der Waals surface area (Å²) in [6.45, 7) is 6.66. The Labute approximate surface area is 122 Å². The van der Waals surface area contributed by atoms with Crippen molar-refractivity contribution < 1.29 is 4.74 Å². The van der Waals surface area contributed by atoms with Crippen molar-refractivity contribution in [3.8, 4) is 0 Å². The average molecular weight is 274 g/mol. The van der Waals surface area contributed by atoms with Gasteiger partial charge in [0.1, 0.15) is 0 Å². The molecule has 0 aliphatic carbocycles. The lowest BCUT2D eigenvalue weighted by molar-refractivity contribution is 0.0232. The first kappa shape index (κ1) is 13.9. The van der Waals surface area contributed by atoms with Gasteiger partial charge in [0.05, 0.1) is 6.10 Å². The van der Waals surface area contributed by atoms with Crippen molar-refractivity contribution in [2.24, 2.45) is 0 Å². The highest BCUT2D eigenvalue weighted by Gasteiger charge is 2.19. The Bertz CT molecular complexity index is 429. The quantitative estimate of drug-likeness (QED) is 0.912. The zero-order valence-electron chi connectivity index (χ0n) is 12.5. The Morgan fingerprint density at radius 2 is 2.15 bits per heavy atom. The van der Waals surface area contributed by atoms with E-state index < -0.39 is 0 Å². The molecule has 1 aromatic rings. The summed E-state index contributed by atoms with van der Waals surface area (Å²) in [7, 11) is 0. The van der Waals surface area contributed by atoms with Gasteiger partial charge >= 0.3 is 0 Å². The second-order valence-electron chi connectivity index (χ2n) is 6.23. The predicted molar refractivity (Wildman–Crippen MR) is 83.0 cm³/mol. The van der Waals surface area contributed by atoms with Crippen LogP contribution in [0.15, 0.2) is 24.3 Å². The SMILES string of the molecule is CC1CC(Nc2cccc(CN3CCCC3)c2)CCO1. The topological polar surface area (TPSA) is 24.5 Å². The molecule has 3 nitrogen and oxygen atoms in total. The van der Waals surface area contributed by atoms with Crippen LogP contribution in [-0.4, -0.2) is 36.7 Å². The average Bonchev–Trinajstić information content (AvgIpc) is 2.92. The molecule has 2 heterocycles. The number of nitrogens with zero attached hydrogens (tertiary/aromatic N) is 1. The standard InChI is InChI=1S/C17H26N2O/c1-14-11-17(7-10-20-14)18-16-6-4-5-15(12-16)13-19-8-2-3-9-19/h4-6,12,14,17-18H,2-3,7-11,13H2,1H3. The largest absolute Gasteiger partial charge is 0.382 e. The van der Waals surface area contributed by atoms with Crippen LogP contribution >= 0.6 is 0 Å². The van der Waals surface area contributed by atoms with E-state index in [-0.39, 0.29) is 0 Å². The molecule has 3 heteroatoms. The molecule has 2 aliphatic rings. The third-order valence-corrected chi connectivity index (χ3v) is 4.39. The van der Waals surface area contributed by atoms with Crippen LogP contribution in [0.25, 0.3) is 0 Å². The number of ether oxygens (including phenoxy) is 1. The fourth-order valence-corrected chi connectivity index (χ4v) is 3.32. The molecule has 110 valence electrons. The summed E-state index contributed by atoms with van der Waals surface area (Å²) in [4.78, 5) is 2.55. The lowest BCUT2D eigenvalue weighted by atomic mass is 10.0. The highest BCUT2D eigenvalue weighted by molar-refractivity contribution is 5.46. The predicted octanol–water partition coefficient (Wildman–Crippen LogP) is 3.26. The molecule has 2 saturated heterocycles. The maximum atomic E-state index is 5.61. The Morgan fingerprint density at radius 1 is 1.30 bits per heavy atom. The van der Waals surface area contributed by atoms with Crippen LogP contribution in [-0.2, 0) is 11.3 Å². The summed E-state index contributed by atoms with van der Waals surface area (Å²) in [6.07, 6.45) is 5.32. The van der Waals surface area contributed by atoms with E-state index in [0.717, 1.165) is 26.0 Å². The summed E-state index contributed by atoms with van der Waals surface area (Å²) in [6, 6.07) is 9.49. The van der Waals surface area contributed by atoms with Gasteiger partial charge in [-0.05, 0) is 63.4 Å². The van der Waals surface area contributed by atoms with Gasteiger partial charge in [0, 0.05) is 24.9 Å².